The smallest absolute Gasteiger partial charge is 0.128 e. The summed E-state index contributed by atoms with van der Waals surface area (Å²) in [6.07, 6.45) is 2.19. The molecule has 9 heteroatoms. The van der Waals surface area contributed by atoms with Gasteiger partial charge in [-0.2, -0.15) is 0 Å². The van der Waals surface area contributed by atoms with Crippen molar-refractivity contribution in [1.29, 1.82) is 0 Å². The van der Waals surface area contributed by atoms with E-state index in [1.165, 1.54) is 58.9 Å². The number of rotatable bonds is 26. The molecule has 1 aromatic carbocycles. The van der Waals surface area contributed by atoms with Gasteiger partial charge < -0.3 is 40.3 Å². The zero-order chi connectivity index (χ0) is 43.1. The highest BCUT2D eigenvalue weighted by atomic mass is 15.4. The molecule has 0 atom stereocenters. The third kappa shape index (κ3) is 21.4. The first-order valence-electron chi connectivity index (χ1n) is 21.8. The van der Waals surface area contributed by atoms with Crippen LogP contribution in [0.5, 0.6) is 0 Å². The Balaban J connectivity index is 3.64. The fourth-order valence-corrected chi connectivity index (χ4v) is 7.54. The van der Waals surface area contributed by atoms with E-state index in [1.807, 2.05) is 0 Å². The predicted octanol–water partition coefficient (Wildman–Crippen LogP) is 4.05. The van der Waals surface area contributed by atoms with Gasteiger partial charge in [-0.05, 0) is 30.0 Å². The Morgan fingerprint density at radius 1 is 0.327 bits per heavy atom. The molecule has 0 heterocycles. The van der Waals surface area contributed by atoms with Gasteiger partial charge in [0.25, 0.3) is 0 Å². The summed E-state index contributed by atoms with van der Waals surface area (Å²) in [7, 11) is 52.1. The number of likely N-dealkylation sites (N-methyl/N-ethyl adjacent to an activating group) is 9. The van der Waals surface area contributed by atoms with Crippen molar-refractivity contribution in [3.8, 4) is 0 Å². The van der Waals surface area contributed by atoms with Crippen LogP contribution in [0.2, 0.25) is 0 Å². The van der Waals surface area contributed by atoms with Crippen molar-refractivity contribution in [2.75, 3.05) is 219 Å². The number of nitrogens with zero attached hydrogens (tertiary/aromatic N) is 9. The lowest BCUT2D eigenvalue weighted by atomic mass is 9.87. The Labute approximate surface area is 346 Å². The van der Waals surface area contributed by atoms with Gasteiger partial charge in [-0.3, -0.25) is 0 Å². The summed E-state index contributed by atoms with van der Waals surface area (Å²) in [5.41, 5.74) is 8.10. The average Bonchev–Trinajstić information content (AvgIpc) is 2.98. The van der Waals surface area contributed by atoms with Gasteiger partial charge in [0, 0.05) is 30.8 Å². The molecule has 324 valence electrons. The number of quaternary nitrogens is 9. The number of benzene rings is 1. The third-order valence-electron chi connectivity index (χ3n) is 12.3. The highest BCUT2D eigenvalue weighted by Gasteiger charge is 2.33. The van der Waals surface area contributed by atoms with Crippen LogP contribution < -0.4 is 0 Å². The van der Waals surface area contributed by atoms with E-state index in [4.69, 9.17) is 0 Å². The van der Waals surface area contributed by atoms with Crippen molar-refractivity contribution in [3.63, 3.8) is 0 Å². The summed E-state index contributed by atoms with van der Waals surface area (Å²) in [6.45, 7) is 22.2. The highest BCUT2D eigenvalue weighted by molar-refractivity contribution is 5.46. The standard InChI is InChI=1S/C46H103N9/c1-24-44-42(39-53(18,19)35-32-50(12,13)29-26-47(3,4)5)38-43(40-54(20,21)36-33-51(14,15)30-27-48(6,7)8)45(25-2)46(44)41-55(22,23)37-34-52(16,17)31-28-49(9,10)11/h38H,3,24-37,39-41H2,1-2,4-23H3/q+8. The van der Waals surface area contributed by atoms with Gasteiger partial charge >= 0.3 is 0 Å². The lowest BCUT2D eigenvalue weighted by molar-refractivity contribution is -0.968. The normalized spacial score (nSPS) is 14.6. The summed E-state index contributed by atoms with van der Waals surface area (Å²) < 4.78 is 9.06. The summed E-state index contributed by atoms with van der Waals surface area (Å²) in [5.74, 6) is 0. The molecule has 0 aliphatic heterocycles. The van der Waals surface area contributed by atoms with Crippen molar-refractivity contribution in [1.82, 2.24) is 0 Å². The van der Waals surface area contributed by atoms with Gasteiger partial charge in [0.15, 0.2) is 0 Å². The molecule has 0 fully saturated rings. The first-order valence-corrected chi connectivity index (χ1v) is 21.8. The van der Waals surface area contributed by atoms with Crippen molar-refractivity contribution in [2.24, 2.45) is 0 Å². The molecule has 1 rings (SSSR count). The Bertz CT molecular complexity index is 1240. The number of hydrogen-bond acceptors (Lipinski definition) is 0. The minimum Gasteiger partial charge on any atom is -0.457 e. The molecule has 0 unspecified atom stereocenters. The monoisotopic (exact) mass is 782 g/mol. The van der Waals surface area contributed by atoms with E-state index in [0.29, 0.717) is 0 Å². The summed E-state index contributed by atoms with van der Waals surface area (Å²) in [5, 5.41) is 0. The molecule has 0 aliphatic rings. The van der Waals surface area contributed by atoms with E-state index in [9.17, 15) is 0 Å². The Morgan fingerprint density at radius 2 is 0.582 bits per heavy atom. The molecular weight excluding hydrogens is 679 g/mol. The first-order chi connectivity index (χ1) is 24.4. The summed E-state index contributed by atoms with van der Waals surface area (Å²) >= 11 is 0. The van der Waals surface area contributed by atoms with Crippen molar-refractivity contribution < 1.29 is 40.3 Å². The second-order valence-corrected chi connectivity index (χ2v) is 24.6. The van der Waals surface area contributed by atoms with Crippen LogP contribution in [0, 0.1) is 7.05 Å². The van der Waals surface area contributed by atoms with Gasteiger partial charge in [0.05, 0.1) is 127 Å². The zero-order valence-corrected chi connectivity index (χ0v) is 41.8. The Morgan fingerprint density at radius 3 is 0.855 bits per heavy atom. The highest BCUT2D eigenvalue weighted by Crippen LogP contribution is 2.31. The maximum Gasteiger partial charge on any atom is 0.128 e. The van der Waals surface area contributed by atoms with E-state index in [1.54, 1.807) is 27.8 Å². The molecule has 0 aromatic heterocycles. The van der Waals surface area contributed by atoms with E-state index in [-0.39, 0.29) is 0 Å². The molecule has 0 N–H and O–H groups in total. The van der Waals surface area contributed by atoms with Crippen molar-refractivity contribution in [3.05, 3.63) is 40.9 Å². The fraction of sp³-hybridized carbons (Fsp3) is 0.848. The molecule has 1 aromatic rings. The average molecular weight is 782 g/mol. The molecule has 0 amide bonds. The molecule has 0 radical (unpaired) electrons. The molecule has 0 bridgehead atoms. The van der Waals surface area contributed by atoms with Gasteiger partial charge in [0.1, 0.15) is 98.2 Å². The molecule has 0 spiro atoms. The van der Waals surface area contributed by atoms with Gasteiger partial charge in [-0.1, -0.05) is 13.8 Å². The predicted molar refractivity (Wildman–Crippen MR) is 241 cm³/mol. The van der Waals surface area contributed by atoms with Crippen LogP contribution in [0.15, 0.2) is 6.07 Å². The molecule has 0 saturated heterocycles. The van der Waals surface area contributed by atoms with Crippen LogP contribution in [0.3, 0.4) is 0 Å². The quantitative estimate of drug-likeness (QED) is 0.0985. The zero-order valence-electron chi connectivity index (χ0n) is 41.8. The van der Waals surface area contributed by atoms with E-state index < -0.39 is 0 Å². The fourth-order valence-electron chi connectivity index (χ4n) is 7.54. The maximum atomic E-state index is 4.34. The van der Waals surface area contributed by atoms with Crippen LogP contribution in [0.25, 0.3) is 0 Å². The molecule has 0 aliphatic carbocycles. The topological polar surface area (TPSA) is 0 Å². The number of hydrogen-bond donors (Lipinski definition) is 0. The second-order valence-electron chi connectivity index (χ2n) is 24.6. The lowest BCUT2D eigenvalue weighted by Gasteiger charge is -2.40. The minimum absolute atomic E-state index is 0.776. The van der Waals surface area contributed by atoms with Crippen LogP contribution in [0.4, 0.5) is 0 Å². The molecule has 9 nitrogen and oxygen atoms in total. The van der Waals surface area contributed by atoms with Crippen molar-refractivity contribution >= 4 is 0 Å². The van der Waals surface area contributed by atoms with Gasteiger partial charge in [-0.25, -0.2) is 0 Å². The van der Waals surface area contributed by atoms with Crippen molar-refractivity contribution in [2.45, 2.75) is 46.3 Å². The Kier molecular flexibility index (Phi) is 18.2. The minimum atomic E-state index is 0.776. The Hall–Kier alpha value is -1.14. The summed E-state index contributed by atoms with van der Waals surface area (Å²) in [6, 6.07) is 2.69. The van der Waals surface area contributed by atoms with Crippen LogP contribution in [-0.2, 0) is 32.5 Å². The van der Waals surface area contributed by atoms with Gasteiger partial charge in [0.2, 0.25) is 0 Å². The van der Waals surface area contributed by atoms with Gasteiger partial charge in [-0.15, -0.1) is 7.05 Å². The van der Waals surface area contributed by atoms with E-state index in [2.05, 4.69) is 168 Å². The third-order valence-corrected chi connectivity index (χ3v) is 12.3. The molecule has 55 heavy (non-hydrogen) atoms. The molecule has 0 saturated carbocycles. The second kappa shape index (κ2) is 19.3. The first kappa shape index (κ1) is 51.9. The molecular formula is C46H103N9+8. The summed E-state index contributed by atoms with van der Waals surface area (Å²) in [4.78, 5) is 0. The SMILES string of the molecule is [CH2-][N+](C)(C)CC[N+](C)(C)CC[N+](C)(C)Cc1cc(C[N+](C)(C)CC[N+](C)(C)CC[N+](C)(C)C)c(CC)c(C[N+](C)(C)CC[N+](C)(C)CC[N+](C)(C)C)c1CC. The van der Waals surface area contributed by atoms with E-state index >= 15 is 0 Å². The largest absolute Gasteiger partial charge is 0.457 e. The van der Waals surface area contributed by atoms with Crippen LogP contribution >= 0.6 is 0 Å². The van der Waals surface area contributed by atoms with Crippen LogP contribution in [-0.4, -0.2) is 260 Å². The lowest BCUT2D eigenvalue weighted by Crippen LogP contribution is -2.54. The maximum absolute atomic E-state index is 4.34. The van der Waals surface area contributed by atoms with Crippen LogP contribution in [0.1, 0.15) is 41.7 Å². The van der Waals surface area contributed by atoms with E-state index in [0.717, 1.165) is 92.5 Å².